The van der Waals surface area contributed by atoms with E-state index >= 15 is 0 Å². The Morgan fingerprint density at radius 2 is 1.87 bits per heavy atom. The van der Waals surface area contributed by atoms with E-state index in [-0.39, 0.29) is 17.9 Å². The van der Waals surface area contributed by atoms with Crippen molar-refractivity contribution >= 4 is 46.6 Å². The smallest absolute Gasteiger partial charge is 0.251 e. The Bertz CT molecular complexity index is 572. The van der Waals surface area contributed by atoms with Crippen LogP contribution in [-0.2, 0) is 4.79 Å². The van der Waals surface area contributed by atoms with Gasteiger partial charge in [-0.1, -0.05) is 23.2 Å². The molecule has 0 radical (unpaired) electrons. The summed E-state index contributed by atoms with van der Waals surface area (Å²) in [4.78, 5) is 26.0. The van der Waals surface area contributed by atoms with E-state index in [1.165, 1.54) is 0 Å². The van der Waals surface area contributed by atoms with Gasteiger partial charge in [-0.2, -0.15) is 0 Å². The van der Waals surface area contributed by atoms with E-state index in [1.54, 1.807) is 18.2 Å². The maximum absolute atomic E-state index is 12.2. The lowest BCUT2D eigenvalue weighted by Gasteiger charge is -2.32. The fourth-order valence-electron chi connectivity index (χ4n) is 2.56. The monoisotopic (exact) mass is 376 g/mol. The predicted octanol–water partition coefficient (Wildman–Crippen LogP) is 3.73. The number of alkyl halides is 1. The van der Waals surface area contributed by atoms with Crippen LogP contribution in [0, 0.1) is 0 Å². The second-order valence-electron chi connectivity index (χ2n) is 5.55. The van der Waals surface area contributed by atoms with E-state index in [4.69, 9.17) is 34.8 Å². The molecule has 2 amide bonds. The van der Waals surface area contributed by atoms with Crippen molar-refractivity contribution in [2.75, 3.05) is 19.0 Å². The van der Waals surface area contributed by atoms with Gasteiger partial charge in [-0.05, 0) is 37.5 Å². The van der Waals surface area contributed by atoms with Gasteiger partial charge in [0, 0.05) is 37.0 Å². The molecule has 1 aliphatic rings. The normalized spacial score (nSPS) is 15.5. The highest BCUT2D eigenvalue weighted by atomic mass is 35.5. The van der Waals surface area contributed by atoms with Crippen molar-refractivity contribution in [3.05, 3.63) is 33.8 Å². The number of likely N-dealkylation sites (tertiary alicyclic amines) is 1. The Balaban J connectivity index is 1.82. The number of carbonyl (C=O) groups is 2. The second-order valence-corrected chi connectivity index (χ2v) is 6.74. The standard InChI is InChI=1S/C16H19Cl3N2O2/c17-7-1-2-15(22)21-8-5-12(6-9-21)20-16(23)11-3-4-13(18)14(19)10-11/h3-4,10,12H,1-2,5-9H2,(H,20,23). The average molecular weight is 378 g/mol. The van der Waals surface area contributed by atoms with E-state index in [1.807, 2.05) is 4.90 Å². The van der Waals surface area contributed by atoms with Crippen molar-refractivity contribution in [1.29, 1.82) is 0 Å². The highest BCUT2D eigenvalue weighted by Gasteiger charge is 2.23. The molecule has 0 saturated carbocycles. The van der Waals surface area contributed by atoms with Gasteiger partial charge in [0.25, 0.3) is 5.91 Å². The fourth-order valence-corrected chi connectivity index (χ4v) is 2.99. The molecule has 1 aromatic carbocycles. The van der Waals surface area contributed by atoms with Crippen LogP contribution in [-0.4, -0.2) is 41.7 Å². The molecule has 0 unspecified atom stereocenters. The van der Waals surface area contributed by atoms with Crippen molar-refractivity contribution in [2.24, 2.45) is 0 Å². The van der Waals surface area contributed by atoms with Crippen LogP contribution < -0.4 is 5.32 Å². The summed E-state index contributed by atoms with van der Waals surface area (Å²) in [6, 6.07) is 4.88. The first-order chi connectivity index (χ1) is 11.0. The lowest BCUT2D eigenvalue weighted by Crippen LogP contribution is -2.46. The SMILES string of the molecule is O=C(NC1CCN(C(=O)CCCCl)CC1)c1ccc(Cl)c(Cl)c1. The first-order valence-corrected chi connectivity index (χ1v) is 8.90. The van der Waals surface area contributed by atoms with Crippen LogP contribution in [0.5, 0.6) is 0 Å². The zero-order chi connectivity index (χ0) is 16.8. The maximum atomic E-state index is 12.2. The van der Waals surface area contributed by atoms with Crippen LogP contribution in [0.3, 0.4) is 0 Å². The number of piperidine rings is 1. The molecular formula is C16H19Cl3N2O2. The highest BCUT2D eigenvalue weighted by molar-refractivity contribution is 6.42. The molecule has 0 spiro atoms. The molecule has 1 heterocycles. The summed E-state index contributed by atoms with van der Waals surface area (Å²) in [6.07, 6.45) is 2.69. The first-order valence-electron chi connectivity index (χ1n) is 7.61. The van der Waals surface area contributed by atoms with Gasteiger partial charge in [-0.3, -0.25) is 9.59 Å². The van der Waals surface area contributed by atoms with E-state index < -0.39 is 0 Å². The van der Waals surface area contributed by atoms with Crippen LogP contribution in [0.2, 0.25) is 10.0 Å². The van der Waals surface area contributed by atoms with Gasteiger partial charge in [-0.25, -0.2) is 0 Å². The molecule has 0 bridgehead atoms. The number of amides is 2. The number of benzene rings is 1. The van der Waals surface area contributed by atoms with Crippen molar-refractivity contribution < 1.29 is 9.59 Å². The van der Waals surface area contributed by atoms with Gasteiger partial charge in [0.2, 0.25) is 5.91 Å². The third-order valence-electron chi connectivity index (χ3n) is 3.89. The summed E-state index contributed by atoms with van der Waals surface area (Å²) >= 11 is 17.4. The number of hydrogen-bond acceptors (Lipinski definition) is 2. The first kappa shape index (κ1) is 18.4. The fraction of sp³-hybridized carbons (Fsp3) is 0.500. The van der Waals surface area contributed by atoms with Gasteiger partial charge in [0.15, 0.2) is 0 Å². The highest BCUT2D eigenvalue weighted by Crippen LogP contribution is 2.23. The van der Waals surface area contributed by atoms with Crippen LogP contribution in [0.25, 0.3) is 0 Å². The van der Waals surface area contributed by atoms with Crippen LogP contribution >= 0.6 is 34.8 Å². The number of hydrogen-bond donors (Lipinski definition) is 1. The van der Waals surface area contributed by atoms with Crippen molar-refractivity contribution in [1.82, 2.24) is 10.2 Å². The zero-order valence-corrected chi connectivity index (χ0v) is 14.9. The van der Waals surface area contributed by atoms with Gasteiger partial charge in [0.05, 0.1) is 10.0 Å². The van der Waals surface area contributed by atoms with Gasteiger partial charge in [0.1, 0.15) is 0 Å². The number of rotatable bonds is 5. The summed E-state index contributed by atoms with van der Waals surface area (Å²) < 4.78 is 0. The molecule has 0 aliphatic carbocycles. The Morgan fingerprint density at radius 1 is 1.17 bits per heavy atom. The van der Waals surface area contributed by atoms with Crippen molar-refractivity contribution in [3.63, 3.8) is 0 Å². The minimum atomic E-state index is -0.171. The van der Waals surface area contributed by atoms with E-state index in [0.717, 1.165) is 12.8 Å². The van der Waals surface area contributed by atoms with Crippen LogP contribution in [0.1, 0.15) is 36.0 Å². The summed E-state index contributed by atoms with van der Waals surface area (Å²) in [5, 5.41) is 3.77. The van der Waals surface area contributed by atoms with Crippen LogP contribution in [0.15, 0.2) is 18.2 Å². The molecule has 1 aromatic rings. The van der Waals surface area contributed by atoms with Crippen molar-refractivity contribution in [2.45, 2.75) is 31.7 Å². The van der Waals surface area contributed by atoms with Crippen LogP contribution in [0.4, 0.5) is 0 Å². The maximum Gasteiger partial charge on any atom is 0.251 e. The Kier molecular flexibility index (Phi) is 7.00. The minimum Gasteiger partial charge on any atom is -0.349 e. The number of nitrogens with one attached hydrogen (secondary N) is 1. The Morgan fingerprint density at radius 3 is 2.48 bits per heavy atom. The number of nitrogens with zero attached hydrogens (tertiary/aromatic N) is 1. The van der Waals surface area contributed by atoms with Gasteiger partial charge < -0.3 is 10.2 Å². The number of halogens is 3. The Labute approximate surface area is 151 Å². The average Bonchev–Trinajstić information content (AvgIpc) is 2.55. The van der Waals surface area contributed by atoms with Gasteiger partial charge in [-0.15, -0.1) is 11.6 Å². The molecule has 1 N–H and O–H groups in total. The molecule has 4 nitrogen and oxygen atoms in total. The molecule has 126 valence electrons. The van der Waals surface area contributed by atoms with E-state index in [0.29, 0.717) is 47.4 Å². The summed E-state index contributed by atoms with van der Waals surface area (Å²) in [5.41, 5.74) is 0.486. The molecule has 23 heavy (non-hydrogen) atoms. The zero-order valence-electron chi connectivity index (χ0n) is 12.7. The molecule has 1 fully saturated rings. The molecule has 0 aromatic heterocycles. The predicted molar refractivity (Wildman–Crippen MR) is 93.5 cm³/mol. The molecule has 0 atom stereocenters. The van der Waals surface area contributed by atoms with Gasteiger partial charge >= 0.3 is 0 Å². The summed E-state index contributed by atoms with van der Waals surface area (Å²) in [7, 11) is 0. The third kappa shape index (κ3) is 5.27. The lowest BCUT2D eigenvalue weighted by atomic mass is 10.0. The van der Waals surface area contributed by atoms with E-state index in [9.17, 15) is 9.59 Å². The number of carbonyl (C=O) groups excluding carboxylic acids is 2. The molecule has 2 rings (SSSR count). The molecular weight excluding hydrogens is 359 g/mol. The second kappa shape index (κ2) is 8.76. The summed E-state index contributed by atoms with van der Waals surface area (Å²) in [5.74, 6) is 0.470. The molecule has 7 heteroatoms. The van der Waals surface area contributed by atoms with E-state index in [2.05, 4.69) is 5.32 Å². The molecule has 1 aliphatic heterocycles. The quantitative estimate of drug-likeness (QED) is 0.795. The van der Waals surface area contributed by atoms with Crippen molar-refractivity contribution in [3.8, 4) is 0 Å². The Hall–Kier alpha value is -0.970. The topological polar surface area (TPSA) is 49.4 Å². The molecule has 1 saturated heterocycles. The largest absolute Gasteiger partial charge is 0.349 e. The lowest BCUT2D eigenvalue weighted by molar-refractivity contribution is -0.132. The minimum absolute atomic E-state index is 0.0639. The summed E-state index contributed by atoms with van der Waals surface area (Å²) in [6.45, 7) is 1.32. The third-order valence-corrected chi connectivity index (χ3v) is 4.90.